The predicted molar refractivity (Wildman–Crippen MR) is 361 cm³/mol. The van der Waals surface area contributed by atoms with Gasteiger partial charge in [-0.25, -0.2) is 0 Å². The zero-order valence-corrected chi connectivity index (χ0v) is 55.7. The van der Waals surface area contributed by atoms with Crippen LogP contribution < -0.4 is 5.32 Å². The average Bonchev–Trinajstić information content (AvgIpc) is 3.01. The van der Waals surface area contributed by atoms with Gasteiger partial charge in [0.1, 0.15) is 24.4 Å². The average molecular weight is 1210 g/mol. The Morgan fingerprint density at radius 3 is 1.26 bits per heavy atom. The van der Waals surface area contributed by atoms with Gasteiger partial charge in [-0.15, -0.1) is 0 Å². The third-order valence-corrected chi connectivity index (χ3v) is 16.9. The molecule has 1 heterocycles. The molecule has 8 atom stereocenters. The predicted octanol–water partition coefficient (Wildman–Crippen LogP) is 18.7. The Hall–Kier alpha value is -2.90. The fourth-order valence-corrected chi connectivity index (χ4v) is 11.2. The number of hydrogen-bond acceptors (Lipinski definition) is 10. The largest absolute Gasteiger partial charge is 0.454 e. The van der Waals surface area contributed by atoms with Crippen LogP contribution in [0.25, 0.3) is 0 Å². The molecule has 1 amide bonds. The summed E-state index contributed by atoms with van der Waals surface area (Å²) in [4.78, 5) is 26.7. The van der Waals surface area contributed by atoms with Crippen molar-refractivity contribution >= 4 is 11.9 Å². The van der Waals surface area contributed by atoms with E-state index in [1.165, 1.54) is 193 Å². The first kappa shape index (κ1) is 81.1. The second kappa shape index (κ2) is 62.3. The molecule has 11 heteroatoms. The number of ether oxygens (including phenoxy) is 3. The first-order valence-electron chi connectivity index (χ1n) is 36.2. The second-order valence-corrected chi connectivity index (χ2v) is 24.9. The van der Waals surface area contributed by atoms with Gasteiger partial charge in [-0.3, -0.25) is 9.59 Å². The molecule has 0 aliphatic carbocycles. The Morgan fingerprint density at radius 1 is 0.465 bits per heavy atom. The third kappa shape index (κ3) is 49.0. The van der Waals surface area contributed by atoms with Crippen molar-refractivity contribution in [2.45, 2.75) is 378 Å². The molecule has 500 valence electrons. The minimum atomic E-state index is -1.63. The summed E-state index contributed by atoms with van der Waals surface area (Å²) in [5.74, 6) is -1.22. The van der Waals surface area contributed by atoms with Gasteiger partial charge in [-0.1, -0.05) is 325 Å². The number of carbonyl (C=O) groups is 2. The fraction of sp³-hybridized carbons (Fsp3) is 0.813. The molecule has 0 spiro atoms. The molecule has 1 aliphatic heterocycles. The van der Waals surface area contributed by atoms with E-state index in [4.69, 9.17) is 14.2 Å². The van der Waals surface area contributed by atoms with Crippen LogP contribution in [0.3, 0.4) is 0 Å². The van der Waals surface area contributed by atoms with Crippen LogP contribution in [0, 0.1) is 0 Å². The highest BCUT2D eigenvalue weighted by Crippen LogP contribution is 2.26. The van der Waals surface area contributed by atoms with E-state index in [-0.39, 0.29) is 13.0 Å². The molecule has 86 heavy (non-hydrogen) atoms. The maximum Gasteiger partial charge on any atom is 0.306 e. The molecule has 1 aliphatic rings. The summed E-state index contributed by atoms with van der Waals surface area (Å²) in [5, 5.41) is 57.2. The van der Waals surface area contributed by atoms with Crippen LogP contribution in [0.2, 0.25) is 0 Å². The van der Waals surface area contributed by atoms with Gasteiger partial charge < -0.3 is 45.1 Å². The van der Waals surface area contributed by atoms with Crippen molar-refractivity contribution in [2.75, 3.05) is 13.2 Å². The van der Waals surface area contributed by atoms with Crippen LogP contribution in [0.5, 0.6) is 0 Å². The van der Waals surface area contributed by atoms with Gasteiger partial charge in [0.25, 0.3) is 0 Å². The van der Waals surface area contributed by atoms with E-state index in [2.05, 4.69) is 86.8 Å². The van der Waals surface area contributed by atoms with Crippen molar-refractivity contribution in [3.05, 3.63) is 72.9 Å². The highest BCUT2D eigenvalue weighted by atomic mass is 16.7. The summed E-state index contributed by atoms with van der Waals surface area (Å²) in [6.07, 6.45) is 71.0. The minimum Gasteiger partial charge on any atom is -0.454 e. The molecule has 1 fully saturated rings. The molecule has 11 nitrogen and oxygen atoms in total. The van der Waals surface area contributed by atoms with Crippen molar-refractivity contribution in [1.29, 1.82) is 0 Å². The topological polar surface area (TPSA) is 175 Å². The number of rotatable bonds is 62. The quantitative estimate of drug-likeness (QED) is 0.0195. The van der Waals surface area contributed by atoms with E-state index in [9.17, 15) is 35.1 Å². The molecule has 6 N–H and O–H groups in total. The molecule has 0 aromatic heterocycles. The normalized spacial score (nSPS) is 18.7. The summed E-state index contributed by atoms with van der Waals surface area (Å²) in [6.45, 7) is 5.70. The van der Waals surface area contributed by atoms with Gasteiger partial charge in [0.15, 0.2) is 12.4 Å². The summed E-state index contributed by atoms with van der Waals surface area (Å²) in [7, 11) is 0. The summed E-state index contributed by atoms with van der Waals surface area (Å²) in [5.41, 5.74) is 0. The van der Waals surface area contributed by atoms with Crippen molar-refractivity contribution in [1.82, 2.24) is 5.32 Å². The molecule has 0 radical (unpaired) electrons. The molecule has 8 unspecified atom stereocenters. The smallest absolute Gasteiger partial charge is 0.306 e. The van der Waals surface area contributed by atoms with E-state index in [0.717, 1.165) is 89.9 Å². The molecular weight excluding hydrogens is 1070 g/mol. The lowest BCUT2D eigenvalue weighted by Gasteiger charge is -2.41. The number of unbranched alkanes of at least 4 members (excludes halogenated alkanes) is 38. The highest BCUT2D eigenvalue weighted by molar-refractivity contribution is 5.80. The first-order valence-corrected chi connectivity index (χ1v) is 36.2. The number of aliphatic hydroxyl groups is 5. The number of nitrogens with one attached hydrogen (secondary N) is 1. The molecule has 0 bridgehead atoms. The van der Waals surface area contributed by atoms with Gasteiger partial charge >= 0.3 is 5.97 Å². The monoisotopic (exact) mass is 1210 g/mol. The van der Waals surface area contributed by atoms with Gasteiger partial charge in [-0.05, 0) is 70.6 Å². The Balaban J connectivity index is 2.56. The van der Waals surface area contributed by atoms with Gasteiger partial charge in [-0.2, -0.15) is 0 Å². The summed E-state index contributed by atoms with van der Waals surface area (Å²) >= 11 is 0. The standard InChI is InChI=1S/C75H135NO10/c1-4-7-10-13-16-19-22-25-27-29-31-32-33-34-35-36-37-39-40-42-44-47-50-53-56-59-62-68(79)74(83)76-66(67(78)61-58-55-52-49-46-24-21-18-15-12-9-6-3)65-84-75-73(72(82)71(81)69(64-77)85-75)86-70(80)63-60-57-54-51-48-45-43-41-38-30-28-26-23-20-17-14-11-8-5-2/h8,11,17,20,26,28,38,41,45,48,58,61,66-69,71-73,75,77-79,81-82H,4-7,9-10,12-16,18-19,21-25,27,29-37,39-40,42-44,46-47,49-57,59-60,62-65H2,1-3H3,(H,76,83)/b11-8-,20-17-,28-26-,41-38-,48-45-,61-58+. The van der Waals surface area contributed by atoms with E-state index < -0.39 is 67.4 Å². The maximum atomic E-state index is 13.5. The van der Waals surface area contributed by atoms with Crippen molar-refractivity contribution < 1.29 is 49.3 Å². The molecule has 0 aromatic carbocycles. The van der Waals surface area contributed by atoms with Gasteiger partial charge in [0.05, 0.1) is 25.4 Å². The van der Waals surface area contributed by atoms with Gasteiger partial charge in [0.2, 0.25) is 5.91 Å². The Morgan fingerprint density at radius 2 is 0.837 bits per heavy atom. The van der Waals surface area contributed by atoms with Crippen molar-refractivity contribution in [3.8, 4) is 0 Å². The maximum absolute atomic E-state index is 13.5. The van der Waals surface area contributed by atoms with Crippen LogP contribution in [0.4, 0.5) is 0 Å². The number of amides is 1. The fourth-order valence-electron chi connectivity index (χ4n) is 11.2. The molecule has 1 rings (SSSR count). The Kier molecular flexibility index (Phi) is 58.8. The summed E-state index contributed by atoms with van der Waals surface area (Å²) < 4.78 is 17.7. The number of carbonyl (C=O) groups excluding carboxylic acids is 2. The number of allylic oxidation sites excluding steroid dienone is 11. The second-order valence-electron chi connectivity index (χ2n) is 24.9. The van der Waals surface area contributed by atoms with Crippen LogP contribution in [0.15, 0.2) is 72.9 Å². The summed E-state index contributed by atoms with van der Waals surface area (Å²) in [6, 6.07) is -1.03. The van der Waals surface area contributed by atoms with E-state index in [1.54, 1.807) is 6.08 Å². The van der Waals surface area contributed by atoms with Crippen LogP contribution in [-0.4, -0.2) is 99.6 Å². The number of aliphatic hydroxyl groups excluding tert-OH is 5. The minimum absolute atomic E-state index is 0.0833. The molecule has 0 saturated carbocycles. The zero-order chi connectivity index (χ0) is 62.4. The third-order valence-electron chi connectivity index (χ3n) is 16.9. The van der Waals surface area contributed by atoms with Crippen molar-refractivity contribution in [2.24, 2.45) is 0 Å². The lowest BCUT2D eigenvalue weighted by molar-refractivity contribution is -0.305. The number of esters is 1. The molecule has 1 saturated heterocycles. The highest BCUT2D eigenvalue weighted by Gasteiger charge is 2.47. The lowest BCUT2D eigenvalue weighted by Crippen LogP contribution is -2.61. The van der Waals surface area contributed by atoms with E-state index >= 15 is 0 Å². The van der Waals surface area contributed by atoms with E-state index in [1.807, 2.05) is 6.08 Å². The molecular formula is C75H135NO10. The van der Waals surface area contributed by atoms with Crippen LogP contribution >= 0.6 is 0 Å². The lowest BCUT2D eigenvalue weighted by atomic mass is 9.99. The SMILES string of the molecule is CC/C=C\C/C=C\C/C=C\C/C=C\C/C=C\CCCCCC(=O)OC1C(OCC(NC(=O)C(O)CCCCCCCCCCCCCCCCCCCCCCCCCCCC)C(O)/C=C/CCCCCCCCCCCC)OC(CO)C(O)C1O. The Labute approximate surface area is 528 Å². The van der Waals surface area contributed by atoms with Crippen LogP contribution in [0.1, 0.15) is 329 Å². The van der Waals surface area contributed by atoms with Crippen molar-refractivity contribution in [3.63, 3.8) is 0 Å². The Bertz CT molecular complexity index is 1680. The first-order chi connectivity index (χ1) is 42.2. The number of hydrogen-bond donors (Lipinski definition) is 6. The van der Waals surface area contributed by atoms with E-state index in [0.29, 0.717) is 19.3 Å². The van der Waals surface area contributed by atoms with Crippen LogP contribution in [-0.2, 0) is 23.8 Å². The zero-order valence-electron chi connectivity index (χ0n) is 55.7. The van der Waals surface area contributed by atoms with Gasteiger partial charge in [0, 0.05) is 6.42 Å². The molecule has 0 aromatic rings.